The van der Waals surface area contributed by atoms with Crippen molar-refractivity contribution in [1.29, 1.82) is 0 Å². The van der Waals surface area contributed by atoms with Gasteiger partial charge in [-0.3, -0.25) is 10.1 Å². The molecule has 0 bridgehead atoms. The van der Waals surface area contributed by atoms with E-state index in [1.807, 2.05) is 61.5 Å². The molecule has 1 N–H and O–H groups in total. The maximum Gasteiger partial charge on any atom is 0.241 e. The summed E-state index contributed by atoms with van der Waals surface area (Å²) >= 11 is 0. The van der Waals surface area contributed by atoms with E-state index in [0.717, 1.165) is 16.7 Å². The molecule has 0 aliphatic heterocycles. The van der Waals surface area contributed by atoms with Crippen LogP contribution < -0.4 is 5.32 Å². The molecule has 0 saturated heterocycles. The van der Waals surface area contributed by atoms with E-state index in [0.29, 0.717) is 17.0 Å². The Morgan fingerprint density at radius 3 is 2.68 bits per heavy atom. The molecule has 2 aromatic carbocycles. The summed E-state index contributed by atoms with van der Waals surface area (Å²) in [5.41, 5.74) is 4.79. The lowest BCUT2D eigenvalue weighted by Crippen LogP contribution is -2.14. The van der Waals surface area contributed by atoms with Crippen molar-refractivity contribution in [2.45, 2.75) is 13.3 Å². The average molecular weight is 370 g/mol. The predicted octanol–water partition coefficient (Wildman–Crippen LogP) is 4.29. The Kier molecular flexibility index (Phi) is 4.93. The number of nitrogens with zero attached hydrogens (tertiary/aromatic N) is 3. The fourth-order valence-electron chi connectivity index (χ4n) is 3.02. The summed E-state index contributed by atoms with van der Waals surface area (Å²) < 4.78 is 5.49. The Morgan fingerprint density at radius 1 is 1.07 bits per heavy atom. The van der Waals surface area contributed by atoms with Crippen molar-refractivity contribution in [1.82, 2.24) is 15.1 Å². The summed E-state index contributed by atoms with van der Waals surface area (Å²) in [6.45, 7) is 2.00. The van der Waals surface area contributed by atoms with E-state index in [1.165, 1.54) is 6.33 Å². The third kappa shape index (κ3) is 3.81. The van der Waals surface area contributed by atoms with Gasteiger partial charge < -0.3 is 4.52 Å². The van der Waals surface area contributed by atoms with Crippen molar-refractivity contribution in [3.8, 4) is 22.5 Å². The molecule has 0 aliphatic carbocycles. The first kappa shape index (κ1) is 17.6. The molecule has 1 amide bonds. The minimum Gasteiger partial charge on any atom is -0.337 e. The molecule has 2 heterocycles. The highest BCUT2D eigenvalue weighted by Gasteiger charge is 2.22. The topological polar surface area (TPSA) is 80.9 Å². The first-order valence-corrected chi connectivity index (χ1v) is 8.87. The Hall–Kier alpha value is -3.80. The Bertz CT molecular complexity index is 1090. The molecule has 6 nitrogen and oxygen atoms in total. The van der Waals surface area contributed by atoms with Crippen LogP contribution in [-0.4, -0.2) is 21.0 Å². The van der Waals surface area contributed by atoms with Crippen LogP contribution in [0.25, 0.3) is 22.5 Å². The van der Waals surface area contributed by atoms with E-state index in [1.54, 1.807) is 12.3 Å². The van der Waals surface area contributed by atoms with Crippen molar-refractivity contribution in [3.05, 3.63) is 84.3 Å². The standard InChI is InChI=1S/C22H18N4O2/c1-15-6-5-7-16(12-15)13-19(27)25-22-20(18-10-11-23-14-24-18)21(26-28-22)17-8-3-2-4-9-17/h2-12,14H,13H2,1H3,(H,25,27). The van der Waals surface area contributed by atoms with Crippen LogP contribution in [0, 0.1) is 6.92 Å². The smallest absolute Gasteiger partial charge is 0.241 e. The summed E-state index contributed by atoms with van der Waals surface area (Å²) in [4.78, 5) is 20.9. The fourth-order valence-corrected chi connectivity index (χ4v) is 3.02. The molecule has 4 aromatic rings. The number of hydrogen-bond donors (Lipinski definition) is 1. The lowest BCUT2D eigenvalue weighted by Gasteiger charge is -2.06. The van der Waals surface area contributed by atoms with Gasteiger partial charge in [0, 0.05) is 11.8 Å². The summed E-state index contributed by atoms with van der Waals surface area (Å²) in [6, 6.07) is 19.2. The van der Waals surface area contributed by atoms with Crippen molar-refractivity contribution in [2.75, 3.05) is 5.32 Å². The predicted molar refractivity (Wildman–Crippen MR) is 106 cm³/mol. The number of nitrogens with one attached hydrogen (secondary N) is 1. The molecule has 138 valence electrons. The van der Waals surface area contributed by atoms with Crippen LogP contribution in [0.15, 0.2) is 77.7 Å². The molecule has 0 fully saturated rings. The fraction of sp³-hybridized carbons (Fsp3) is 0.0909. The van der Waals surface area contributed by atoms with Crippen molar-refractivity contribution < 1.29 is 9.32 Å². The minimum atomic E-state index is -0.184. The molecule has 0 atom stereocenters. The molecule has 6 heteroatoms. The molecule has 0 aliphatic rings. The number of amides is 1. The highest BCUT2D eigenvalue weighted by atomic mass is 16.5. The van der Waals surface area contributed by atoms with Crippen LogP contribution in [-0.2, 0) is 11.2 Å². The largest absolute Gasteiger partial charge is 0.337 e. The Morgan fingerprint density at radius 2 is 1.93 bits per heavy atom. The highest BCUT2D eigenvalue weighted by molar-refractivity contribution is 5.97. The molecule has 0 radical (unpaired) electrons. The molecule has 28 heavy (non-hydrogen) atoms. The molecular weight excluding hydrogens is 352 g/mol. The van der Waals surface area contributed by atoms with Gasteiger partial charge in [-0.25, -0.2) is 9.97 Å². The van der Waals surface area contributed by atoms with Crippen LogP contribution in [0.1, 0.15) is 11.1 Å². The second kappa shape index (κ2) is 7.84. The van der Waals surface area contributed by atoms with E-state index >= 15 is 0 Å². The molecular formula is C22H18N4O2. The third-order valence-corrected chi connectivity index (χ3v) is 4.28. The van der Waals surface area contributed by atoms with Gasteiger partial charge in [0.05, 0.1) is 17.7 Å². The van der Waals surface area contributed by atoms with Gasteiger partial charge in [-0.2, -0.15) is 0 Å². The quantitative estimate of drug-likeness (QED) is 0.567. The second-order valence-electron chi connectivity index (χ2n) is 6.41. The first-order valence-electron chi connectivity index (χ1n) is 8.87. The van der Waals surface area contributed by atoms with Gasteiger partial charge in [-0.15, -0.1) is 0 Å². The molecule has 4 rings (SSSR count). The van der Waals surface area contributed by atoms with Crippen LogP contribution in [0.3, 0.4) is 0 Å². The van der Waals surface area contributed by atoms with Crippen LogP contribution in [0.4, 0.5) is 5.88 Å². The first-order chi connectivity index (χ1) is 13.7. The zero-order chi connectivity index (χ0) is 19.3. The van der Waals surface area contributed by atoms with Gasteiger partial charge in [0.25, 0.3) is 0 Å². The number of rotatable bonds is 5. The lowest BCUT2D eigenvalue weighted by molar-refractivity contribution is -0.115. The zero-order valence-corrected chi connectivity index (χ0v) is 15.3. The number of aromatic nitrogens is 3. The van der Waals surface area contributed by atoms with E-state index in [2.05, 4.69) is 20.4 Å². The maximum absolute atomic E-state index is 12.6. The summed E-state index contributed by atoms with van der Waals surface area (Å²) in [6.07, 6.45) is 3.34. The van der Waals surface area contributed by atoms with Crippen LogP contribution >= 0.6 is 0 Å². The van der Waals surface area contributed by atoms with Crippen molar-refractivity contribution >= 4 is 11.8 Å². The van der Waals surface area contributed by atoms with Crippen LogP contribution in [0.5, 0.6) is 0 Å². The minimum absolute atomic E-state index is 0.184. The van der Waals surface area contributed by atoms with Gasteiger partial charge >= 0.3 is 0 Å². The van der Waals surface area contributed by atoms with Crippen molar-refractivity contribution in [2.24, 2.45) is 0 Å². The van der Waals surface area contributed by atoms with Crippen molar-refractivity contribution in [3.63, 3.8) is 0 Å². The van der Waals surface area contributed by atoms with E-state index < -0.39 is 0 Å². The monoisotopic (exact) mass is 370 g/mol. The van der Waals surface area contributed by atoms with E-state index in [-0.39, 0.29) is 18.2 Å². The Balaban J connectivity index is 1.67. The summed E-state index contributed by atoms with van der Waals surface area (Å²) in [5.74, 6) is 0.0897. The number of benzene rings is 2. The van der Waals surface area contributed by atoms with Gasteiger partial charge in [0.1, 0.15) is 12.0 Å². The Labute approximate surface area is 162 Å². The number of aryl methyl sites for hydroxylation is 1. The van der Waals surface area contributed by atoms with Gasteiger partial charge in [-0.1, -0.05) is 65.3 Å². The van der Waals surface area contributed by atoms with E-state index in [4.69, 9.17) is 4.52 Å². The van der Waals surface area contributed by atoms with Gasteiger partial charge in [-0.05, 0) is 18.6 Å². The normalized spacial score (nSPS) is 10.6. The maximum atomic E-state index is 12.6. The lowest BCUT2D eigenvalue weighted by atomic mass is 10.0. The number of hydrogen-bond acceptors (Lipinski definition) is 5. The van der Waals surface area contributed by atoms with E-state index in [9.17, 15) is 4.79 Å². The molecule has 0 saturated carbocycles. The zero-order valence-electron chi connectivity index (χ0n) is 15.3. The highest BCUT2D eigenvalue weighted by Crippen LogP contribution is 2.36. The average Bonchev–Trinajstić information content (AvgIpc) is 3.12. The molecule has 0 unspecified atom stereocenters. The summed E-state index contributed by atoms with van der Waals surface area (Å²) in [5, 5.41) is 7.03. The SMILES string of the molecule is Cc1cccc(CC(=O)Nc2onc(-c3ccccc3)c2-c2ccncn2)c1. The second-order valence-corrected chi connectivity index (χ2v) is 6.41. The third-order valence-electron chi connectivity index (χ3n) is 4.28. The van der Waals surface area contributed by atoms with Gasteiger partial charge in [0.15, 0.2) is 0 Å². The number of carbonyl (C=O) groups excluding carboxylic acids is 1. The summed E-state index contributed by atoms with van der Waals surface area (Å²) in [7, 11) is 0. The van der Waals surface area contributed by atoms with Gasteiger partial charge in [0.2, 0.25) is 11.8 Å². The molecule has 0 spiro atoms. The molecule has 2 aromatic heterocycles. The van der Waals surface area contributed by atoms with Crippen LogP contribution in [0.2, 0.25) is 0 Å². The number of carbonyl (C=O) groups is 1. The number of anilines is 1.